The molecule has 3 aliphatic rings. The maximum atomic E-state index is 13.5. The van der Waals surface area contributed by atoms with Crippen molar-refractivity contribution in [2.75, 3.05) is 11.4 Å². The summed E-state index contributed by atoms with van der Waals surface area (Å²) >= 11 is 0. The van der Waals surface area contributed by atoms with E-state index in [4.69, 9.17) is 4.98 Å². The van der Waals surface area contributed by atoms with Crippen molar-refractivity contribution in [2.24, 2.45) is 7.05 Å². The molecular formula is C24H24F3N7O. The topological polar surface area (TPSA) is 79.8 Å². The number of aryl methyl sites for hydroxylation is 3. The number of hydrogen-bond acceptors (Lipinski definition) is 6. The standard InChI is InChI=1S/C24H24F3N7O/c1-13(15-4-6-17(7-5-15)24(25,26)27)21(35)33-11-10-23-9-8-16-12-18(19-29-31-32(3)30-19)14(2)28-20(16)34(23)22(23)33/h4-7,12-13,22H,8-11H2,1-3H3/t13-,22?,23-,34?/m0/s1. The van der Waals surface area contributed by atoms with E-state index in [-0.39, 0.29) is 17.6 Å². The van der Waals surface area contributed by atoms with E-state index in [2.05, 4.69) is 26.4 Å². The molecule has 182 valence electrons. The van der Waals surface area contributed by atoms with Gasteiger partial charge in [-0.15, -0.1) is 10.2 Å². The van der Waals surface area contributed by atoms with E-state index >= 15 is 0 Å². The van der Waals surface area contributed by atoms with Crippen LogP contribution in [0.2, 0.25) is 0 Å². The molecule has 3 aliphatic heterocycles. The van der Waals surface area contributed by atoms with Crippen LogP contribution in [0, 0.1) is 6.92 Å². The molecular weight excluding hydrogens is 459 g/mol. The van der Waals surface area contributed by atoms with Gasteiger partial charge >= 0.3 is 6.18 Å². The van der Waals surface area contributed by atoms with Gasteiger partial charge in [0.2, 0.25) is 11.7 Å². The van der Waals surface area contributed by atoms with E-state index in [1.54, 1.807) is 14.0 Å². The van der Waals surface area contributed by atoms with E-state index in [9.17, 15) is 18.0 Å². The lowest BCUT2D eigenvalue weighted by Crippen LogP contribution is -2.37. The molecule has 0 saturated carbocycles. The summed E-state index contributed by atoms with van der Waals surface area (Å²) in [6.07, 6.45) is -1.84. The fraction of sp³-hybridized carbons (Fsp3) is 0.458. The first kappa shape index (κ1) is 22.0. The van der Waals surface area contributed by atoms with Gasteiger partial charge in [-0.05, 0) is 67.6 Å². The van der Waals surface area contributed by atoms with E-state index < -0.39 is 17.7 Å². The van der Waals surface area contributed by atoms with E-state index in [1.807, 2.05) is 11.8 Å². The maximum Gasteiger partial charge on any atom is 0.416 e. The highest BCUT2D eigenvalue weighted by molar-refractivity contribution is 5.86. The molecule has 1 spiro atoms. The predicted octanol–water partition coefficient (Wildman–Crippen LogP) is 3.47. The molecule has 0 bridgehead atoms. The fourth-order valence-electron chi connectivity index (χ4n) is 5.75. The zero-order valence-corrected chi connectivity index (χ0v) is 19.5. The van der Waals surface area contributed by atoms with E-state index in [0.717, 1.165) is 54.0 Å². The van der Waals surface area contributed by atoms with Crippen molar-refractivity contribution in [1.82, 2.24) is 30.1 Å². The Kier molecular flexibility index (Phi) is 4.56. The Morgan fingerprint density at radius 2 is 1.94 bits per heavy atom. The Hall–Kier alpha value is -3.50. The van der Waals surface area contributed by atoms with Crippen molar-refractivity contribution in [3.05, 3.63) is 52.7 Å². The third-order valence-electron chi connectivity index (χ3n) is 7.68. The van der Waals surface area contributed by atoms with Gasteiger partial charge in [0, 0.05) is 12.1 Å². The Morgan fingerprint density at radius 3 is 2.60 bits per heavy atom. The molecule has 0 aliphatic carbocycles. The van der Waals surface area contributed by atoms with Gasteiger partial charge in [-0.2, -0.15) is 18.0 Å². The highest BCUT2D eigenvalue weighted by atomic mass is 19.4. The van der Waals surface area contributed by atoms with E-state index in [0.29, 0.717) is 17.9 Å². The second-order valence-corrected chi connectivity index (χ2v) is 9.68. The van der Waals surface area contributed by atoms with Gasteiger partial charge in [0.15, 0.2) is 0 Å². The first-order chi connectivity index (χ1) is 16.6. The summed E-state index contributed by atoms with van der Waals surface area (Å²) in [7, 11) is 1.72. The number of amides is 1. The average molecular weight is 483 g/mol. The van der Waals surface area contributed by atoms with Crippen LogP contribution in [-0.2, 0) is 24.4 Å². The number of nitrogens with zero attached hydrogens (tertiary/aromatic N) is 7. The molecule has 2 aromatic heterocycles. The normalized spacial score (nSPS) is 23.5. The second-order valence-electron chi connectivity index (χ2n) is 9.68. The summed E-state index contributed by atoms with van der Waals surface area (Å²) in [5, 5.41) is 12.3. The molecule has 5 heterocycles. The second kappa shape index (κ2) is 7.25. The number of hydrogen-bond donors (Lipinski definition) is 0. The lowest BCUT2D eigenvalue weighted by atomic mass is 9.93. The van der Waals surface area contributed by atoms with Gasteiger partial charge in [-0.25, -0.2) is 4.98 Å². The predicted molar refractivity (Wildman–Crippen MR) is 120 cm³/mol. The number of halogens is 3. The number of benzene rings is 1. The number of carbonyl (C=O) groups is 1. The zero-order chi connectivity index (χ0) is 24.7. The summed E-state index contributed by atoms with van der Waals surface area (Å²) in [5.74, 6) is 0.829. The summed E-state index contributed by atoms with van der Waals surface area (Å²) in [4.78, 5) is 23.9. The van der Waals surface area contributed by atoms with Crippen LogP contribution >= 0.6 is 0 Å². The number of anilines is 1. The third kappa shape index (κ3) is 3.24. The molecule has 0 radical (unpaired) electrons. The molecule has 2 saturated heterocycles. The van der Waals surface area contributed by atoms with Gasteiger partial charge in [0.05, 0.1) is 29.8 Å². The minimum absolute atomic E-state index is 0.0689. The van der Waals surface area contributed by atoms with Gasteiger partial charge in [0.1, 0.15) is 12.0 Å². The fourth-order valence-corrected chi connectivity index (χ4v) is 5.75. The summed E-state index contributed by atoms with van der Waals surface area (Å²) in [6, 6.07) is 6.96. The molecule has 6 rings (SSSR count). The van der Waals surface area contributed by atoms with Crippen molar-refractivity contribution in [3.8, 4) is 11.4 Å². The Bertz CT molecular complexity index is 1340. The first-order valence-corrected chi connectivity index (χ1v) is 11.6. The number of likely N-dealkylation sites (tertiary alicyclic amines) is 1. The summed E-state index contributed by atoms with van der Waals surface area (Å²) in [5.41, 5.74) is 2.51. The largest absolute Gasteiger partial charge is 0.416 e. The Labute approximate surface area is 199 Å². The van der Waals surface area contributed by atoms with Crippen LogP contribution in [-0.4, -0.2) is 54.2 Å². The first-order valence-electron chi connectivity index (χ1n) is 11.6. The zero-order valence-electron chi connectivity index (χ0n) is 19.5. The van der Waals surface area contributed by atoms with Gasteiger partial charge in [-0.3, -0.25) is 4.79 Å². The van der Waals surface area contributed by atoms with Crippen molar-refractivity contribution in [1.29, 1.82) is 0 Å². The number of pyridine rings is 1. The average Bonchev–Trinajstić information content (AvgIpc) is 3.08. The van der Waals surface area contributed by atoms with Crippen LogP contribution in [0.25, 0.3) is 11.4 Å². The van der Waals surface area contributed by atoms with Gasteiger partial charge in [-0.1, -0.05) is 12.1 Å². The van der Waals surface area contributed by atoms with Crippen LogP contribution < -0.4 is 4.90 Å². The molecule has 1 unspecified atom stereocenters. The van der Waals surface area contributed by atoms with Crippen molar-refractivity contribution >= 4 is 11.7 Å². The SMILES string of the molecule is Cc1nc2c(cc1-c1nnn(C)n1)CC[C@]13CCN(C(=O)[C@@H](C)c4ccc(C(F)(F)F)cc4)C1N23. The number of fused-ring (bicyclic) bond motifs is 3. The van der Waals surface area contributed by atoms with Gasteiger partial charge in [0.25, 0.3) is 0 Å². The lowest BCUT2D eigenvalue weighted by Gasteiger charge is -2.28. The van der Waals surface area contributed by atoms with E-state index in [1.165, 1.54) is 16.9 Å². The van der Waals surface area contributed by atoms with Crippen LogP contribution in [0.5, 0.6) is 0 Å². The summed E-state index contributed by atoms with van der Waals surface area (Å²) < 4.78 is 38.8. The molecule has 8 nitrogen and oxygen atoms in total. The van der Waals surface area contributed by atoms with Gasteiger partial charge < -0.3 is 9.80 Å². The summed E-state index contributed by atoms with van der Waals surface area (Å²) in [6.45, 7) is 4.32. The Morgan fingerprint density at radius 1 is 1.20 bits per heavy atom. The Balaban J connectivity index is 1.25. The smallest absolute Gasteiger partial charge is 0.324 e. The van der Waals surface area contributed by atoms with Crippen molar-refractivity contribution in [2.45, 2.75) is 56.9 Å². The highest BCUT2D eigenvalue weighted by Gasteiger charge is 2.71. The molecule has 11 heteroatoms. The molecule has 1 aromatic carbocycles. The van der Waals surface area contributed by atoms with Crippen LogP contribution in [0.15, 0.2) is 30.3 Å². The minimum atomic E-state index is -4.40. The molecule has 2 fully saturated rings. The number of carbonyl (C=O) groups excluding carboxylic acids is 1. The number of rotatable bonds is 3. The maximum absolute atomic E-state index is 13.5. The van der Waals surface area contributed by atoms with Crippen molar-refractivity contribution in [3.63, 3.8) is 0 Å². The van der Waals surface area contributed by atoms with Crippen LogP contribution in [0.3, 0.4) is 0 Å². The number of aromatic nitrogens is 5. The van der Waals surface area contributed by atoms with Crippen LogP contribution in [0.1, 0.15) is 48.1 Å². The van der Waals surface area contributed by atoms with Crippen molar-refractivity contribution < 1.29 is 18.0 Å². The molecule has 35 heavy (non-hydrogen) atoms. The van der Waals surface area contributed by atoms with Crippen LogP contribution in [0.4, 0.5) is 19.0 Å². The third-order valence-corrected chi connectivity index (χ3v) is 7.68. The highest BCUT2D eigenvalue weighted by Crippen LogP contribution is 2.59. The molecule has 0 N–H and O–H groups in total. The molecule has 1 amide bonds. The number of tetrazole rings is 1. The quantitative estimate of drug-likeness (QED) is 0.531. The lowest BCUT2D eigenvalue weighted by molar-refractivity contribution is -0.137. The molecule has 3 atom stereocenters. The monoisotopic (exact) mass is 483 g/mol. The minimum Gasteiger partial charge on any atom is -0.324 e. The molecule has 3 aromatic rings. The number of alkyl halides is 3.